The fourth-order valence-corrected chi connectivity index (χ4v) is 3.09. The van der Waals surface area contributed by atoms with Crippen molar-refractivity contribution >= 4 is 11.8 Å². The van der Waals surface area contributed by atoms with Gasteiger partial charge in [-0.2, -0.15) is 0 Å². The normalized spacial score (nSPS) is 18.6. The minimum atomic E-state index is -1.66. The first kappa shape index (κ1) is 19.4. The number of carbonyl (C=O) groups excluding carboxylic acids is 2. The van der Waals surface area contributed by atoms with Crippen LogP contribution in [0.1, 0.15) is 28.0 Å². The molecule has 1 aliphatic heterocycles. The van der Waals surface area contributed by atoms with E-state index in [9.17, 15) is 14.7 Å². The van der Waals surface area contributed by atoms with Gasteiger partial charge in [0.15, 0.2) is 0 Å². The van der Waals surface area contributed by atoms with Crippen LogP contribution in [0, 0.1) is 18.8 Å². The van der Waals surface area contributed by atoms with E-state index in [1.165, 1.54) is 12.0 Å². The van der Waals surface area contributed by atoms with E-state index in [4.69, 9.17) is 10.5 Å². The predicted octanol–water partition coefficient (Wildman–Crippen LogP) is 1.11. The molecule has 1 aliphatic rings. The average Bonchev–Trinajstić information content (AvgIpc) is 2.94. The van der Waals surface area contributed by atoms with E-state index in [1.54, 1.807) is 38.2 Å². The molecule has 1 saturated heterocycles. The first-order valence-electron chi connectivity index (χ1n) is 8.72. The smallest absolute Gasteiger partial charge is 0.267 e. The summed E-state index contributed by atoms with van der Waals surface area (Å²) in [5.41, 5.74) is 6.30. The molecule has 2 aromatic rings. The van der Waals surface area contributed by atoms with Crippen LogP contribution in [-0.2, 0) is 4.79 Å². The summed E-state index contributed by atoms with van der Waals surface area (Å²) in [7, 11) is 3.14. The van der Waals surface area contributed by atoms with Crippen molar-refractivity contribution in [2.24, 2.45) is 5.73 Å². The number of primary amides is 1. The summed E-state index contributed by atoms with van der Waals surface area (Å²) >= 11 is 0. The number of methoxy groups -OCH3 is 1. The molecule has 0 bridgehead atoms. The fourth-order valence-electron chi connectivity index (χ4n) is 3.09. The fraction of sp³-hybridized carbons (Fsp3) is 0.286. The minimum Gasteiger partial charge on any atom is -0.496 e. The summed E-state index contributed by atoms with van der Waals surface area (Å²) in [4.78, 5) is 29.6. The Bertz CT molecular complexity index is 1020. The van der Waals surface area contributed by atoms with Gasteiger partial charge in [0, 0.05) is 42.8 Å². The van der Waals surface area contributed by atoms with Gasteiger partial charge in [0.1, 0.15) is 11.4 Å². The lowest BCUT2D eigenvalue weighted by Crippen LogP contribution is -2.37. The molecule has 1 atom stereocenters. The van der Waals surface area contributed by atoms with Gasteiger partial charge in [-0.3, -0.25) is 9.59 Å². The van der Waals surface area contributed by atoms with Gasteiger partial charge < -0.3 is 20.5 Å². The van der Waals surface area contributed by atoms with Gasteiger partial charge in [-0.25, -0.2) is 4.98 Å². The number of pyridine rings is 1. The summed E-state index contributed by atoms with van der Waals surface area (Å²) in [6, 6.07) is 8.85. The van der Waals surface area contributed by atoms with Crippen LogP contribution in [-0.4, -0.2) is 53.1 Å². The number of nitrogens with zero attached hydrogens (tertiary/aromatic N) is 2. The van der Waals surface area contributed by atoms with Gasteiger partial charge in [-0.15, -0.1) is 0 Å². The lowest BCUT2D eigenvalue weighted by molar-refractivity contribution is -0.137. The van der Waals surface area contributed by atoms with Gasteiger partial charge in [0.2, 0.25) is 5.60 Å². The van der Waals surface area contributed by atoms with Crippen molar-refractivity contribution in [2.45, 2.75) is 18.9 Å². The molecule has 144 valence electrons. The highest BCUT2D eigenvalue weighted by Crippen LogP contribution is 2.28. The number of rotatable bonds is 3. The second-order valence-electron chi connectivity index (χ2n) is 6.72. The predicted molar refractivity (Wildman–Crippen MR) is 104 cm³/mol. The van der Waals surface area contributed by atoms with E-state index in [0.717, 1.165) is 0 Å². The van der Waals surface area contributed by atoms with Crippen LogP contribution >= 0.6 is 0 Å². The van der Waals surface area contributed by atoms with E-state index in [2.05, 4.69) is 16.8 Å². The number of amides is 2. The lowest BCUT2D eigenvalue weighted by Gasteiger charge is -2.13. The molecule has 0 spiro atoms. The molecule has 2 heterocycles. The van der Waals surface area contributed by atoms with Gasteiger partial charge in [0.25, 0.3) is 11.8 Å². The number of nitrogens with two attached hydrogens (primary N) is 1. The van der Waals surface area contributed by atoms with Gasteiger partial charge in [0.05, 0.1) is 12.8 Å². The van der Waals surface area contributed by atoms with Crippen molar-refractivity contribution < 1.29 is 19.4 Å². The second kappa shape index (κ2) is 7.33. The molecule has 0 saturated carbocycles. The third kappa shape index (κ3) is 3.55. The molecule has 2 amide bonds. The van der Waals surface area contributed by atoms with Gasteiger partial charge >= 0.3 is 0 Å². The number of ether oxygens (including phenoxy) is 1. The quantitative estimate of drug-likeness (QED) is 0.777. The zero-order valence-corrected chi connectivity index (χ0v) is 15.9. The van der Waals surface area contributed by atoms with Gasteiger partial charge in [-0.1, -0.05) is 24.0 Å². The first-order chi connectivity index (χ1) is 13.2. The number of hydrogen-bond donors (Lipinski definition) is 2. The Morgan fingerprint density at radius 2 is 2.14 bits per heavy atom. The maximum absolute atomic E-state index is 12.0. The monoisotopic (exact) mass is 379 g/mol. The van der Waals surface area contributed by atoms with Crippen molar-refractivity contribution in [3.05, 3.63) is 47.2 Å². The van der Waals surface area contributed by atoms with E-state index in [1.807, 2.05) is 6.07 Å². The zero-order chi connectivity index (χ0) is 20.5. The van der Waals surface area contributed by atoms with E-state index in [-0.39, 0.29) is 12.1 Å². The maximum Gasteiger partial charge on any atom is 0.267 e. The summed E-state index contributed by atoms with van der Waals surface area (Å²) in [5.74, 6) is 5.03. The number of likely N-dealkylation sites (tertiary alicyclic amines) is 1. The molecule has 0 unspecified atom stereocenters. The Labute approximate surface area is 163 Å². The van der Waals surface area contributed by atoms with Crippen LogP contribution in [0.5, 0.6) is 5.75 Å². The summed E-state index contributed by atoms with van der Waals surface area (Å²) in [5, 5.41) is 10.4. The highest BCUT2D eigenvalue weighted by molar-refractivity contribution is 5.93. The van der Waals surface area contributed by atoms with Crippen molar-refractivity contribution in [3.63, 3.8) is 0 Å². The van der Waals surface area contributed by atoms with Crippen LogP contribution in [0.3, 0.4) is 0 Å². The van der Waals surface area contributed by atoms with Crippen LogP contribution < -0.4 is 10.5 Å². The summed E-state index contributed by atoms with van der Waals surface area (Å²) < 4.78 is 5.33. The molecule has 0 aliphatic carbocycles. The number of aromatic nitrogens is 1. The van der Waals surface area contributed by atoms with Crippen molar-refractivity contribution in [1.82, 2.24) is 9.88 Å². The Hall–Kier alpha value is -3.37. The third-order valence-corrected chi connectivity index (χ3v) is 4.76. The third-order valence-electron chi connectivity index (χ3n) is 4.76. The van der Waals surface area contributed by atoms with E-state index in [0.29, 0.717) is 34.7 Å². The van der Waals surface area contributed by atoms with Crippen LogP contribution in [0.15, 0.2) is 30.3 Å². The van der Waals surface area contributed by atoms with Crippen LogP contribution in [0.2, 0.25) is 0 Å². The van der Waals surface area contributed by atoms with Crippen LogP contribution in [0.4, 0.5) is 0 Å². The summed E-state index contributed by atoms with van der Waals surface area (Å²) in [6.07, 6.45) is 0.272. The second-order valence-corrected chi connectivity index (χ2v) is 6.72. The Morgan fingerprint density at radius 1 is 1.39 bits per heavy atom. The number of likely N-dealkylation sites (N-methyl/N-ethyl adjacent to an activating group) is 1. The number of carbonyl (C=O) groups is 2. The summed E-state index contributed by atoms with van der Waals surface area (Å²) in [6.45, 7) is 2.18. The molecule has 7 heteroatoms. The molecule has 3 N–H and O–H groups in total. The number of aliphatic hydroxyl groups is 1. The minimum absolute atomic E-state index is 0.139. The maximum atomic E-state index is 12.0. The molecular weight excluding hydrogens is 358 g/mol. The van der Waals surface area contributed by atoms with Crippen molar-refractivity contribution in [2.75, 3.05) is 20.7 Å². The van der Waals surface area contributed by atoms with Crippen LogP contribution in [0.25, 0.3) is 11.3 Å². The Kier molecular flexibility index (Phi) is 5.08. The number of hydrogen-bond acceptors (Lipinski definition) is 5. The van der Waals surface area contributed by atoms with E-state index < -0.39 is 17.4 Å². The molecular formula is C21H21N3O4. The topological polar surface area (TPSA) is 106 Å². The molecule has 1 aromatic carbocycles. The van der Waals surface area contributed by atoms with E-state index >= 15 is 0 Å². The van der Waals surface area contributed by atoms with Crippen molar-refractivity contribution in [1.29, 1.82) is 0 Å². The Morgan fingerprint density at radius 3 is 2.75 bits per heavy atom. The highest BCUT2D eigenvalue weighted by Gasteiger charge is 2.42. The zero-order valence-electron chi connectivity index (χ0n) is 15.9. The SMILES string of the molecule is COc1cc(-c2cccc(C#C[C@]3(O)CCN(C)C3=O)c2)nc(C(N)=O)c1C. The van der Waals surface area contributed by atoms with Gasteiger partial charge in [-0.05, 0) is 19.1 Å². The van der Waals surface area contributed by atoms with Crippen molar-refractivity contribution in [3.8, 4) is 28.8 Å². The average molecular weight is 379 g/mol. The molecule has 28 heavy (non-hydrogen) atoms. The lowest BCUT2D eigenvalue weighted by atomic mass is 10.0. The highest BCUT2D eigenvalue weighted by atomic mass is 16.5. The number of benzene rings is 1. The standard InChI is InChI=1S/C21H21N3O4/c1-13-17(28-3)12-16(23-18(13)19(22)25)15-6-4-5-14(11-15)7-8-21(27)9-10-24(2)20(21)26/h4-6,11-12,27H,9-10H2,1-3H3,(H2,22,25)/t21-/m0/s1. The molecule has 0 radical (unpaired) electrons. The molecule has 7 nitrogen and oxygen atoms in total. The Balaban J connectivity index is 2.00. The largest absolute Gasteiger partial charge is 0.496 e. The molecule has 3 rings (SSSR count). The first-order valence-corrected chi connectivity index (χ1v) is 8.72. The molecule has 1 aromatic heterocycles. The molecule has 1 fully saturated rings.